The van der Waals surface area contributed by atoms with Crippen LogP contribution in [0.2, 0.25) is 0 Å². The molecule has 262 valence electrons. The number of rotatable bonds is 9. The monoisotopic (exact) mass is 664 g/mol. The zero-order valence-corrected chi connectivity index (χ0v) is 29.5. The second kappa shape index (κ2) is 22.0. The fraction of sp³-hybridized carbons (Fsp3) is 0.436. The van der Waals surface area contributed by atoms with E-state index in [2.05, 4.69) is 37.3 Å². The summed E-state index contributed by atoms with van der Waals surface area (Å²) in [6, 6.07) is 5.59. The average Bonchev–Trinajstić information content (AvgIpc) is 3.00. The second-order valence-corrected chi connectivity index (χ2v) is 11.5. The minimum Gasteiger partial charge on any atom is -0.385 e. The van der Waals surface area contributed by atoms with Gasteiger partial charge in [-0.1, -0.05) is 49.4 Å². The van der Waals surface area contributed by atoms with Gasteiger partial charge in [-0.2, -0.15) is 13.2 Å². The number of alkyl halides is 4. The van der Waals surface area contributed by atoms with Gasteiger partial charge in [0, 0.05) is 17.9 Å². The predicted octanol–water partition coefficient (Wildman–Crippen LogP) is 12.3. The summed E-state index contributed by atoms with van der Waals surface area (Å²) in [5, 5.41) is 5.43. The van der Waals surface area contributed by atoms with Gasteiger partial charge in [0.1, 0.15) is 18.3 Å². The first-order valence-corrected chi connectivity index (χ1v) is 16.0. The summed E-state index contributed by atoms with van der Waals surface area (Å²) < 4.78 is 80.1. The number of hydrogen-bond donors (Lipinski definition) is 2. The van der Waals surface area contributed by atoms with E-state index in [1.165, 1.54) is 17.2 Å². The van der Waals surface area contributed by atoms with Crippen LogP contribution in [0.4, 0.5) is 32.0 Å². The third-order valence-corrected chi connectivity index (χ3v) is 6.98. The van der Waals surface area contributed by atoms with E-state index in [4.69, 9.17) is 0 Å². The summed E-state index contributed by atoms with van der Waals surface area (Å²) in [4.78, 5) is 0. The smallest absolute Gasteiger partial charge is 0.385 e. The normalized spacial score (nSPS) is 12.9. The molecular weight excluding hydrogens is 610 g/mol. The van der Waals surface area contributed by atoms with Gasteiger partial charge < -0.3 is 10.6 Å². The van der Waals surface area contributed by atoms with Crippen molar-refractivity contribution in [1.82, 2.24) is 5.32 Å². The Morgan fingerprint density at radius 2 is 1.49 bits per heavy atom. The minimum atomic E-state index is -4.33. The first kappa shape index (κ1) is 43.3. The molecule has 0 amide bonds. The molecule has 0 aliphatic heterocycles. The summed E-state index contributed by atoms with van der Waals surface area (Å²) in [6.07, 6.45) is 5.68. The van der Waals surface area contributed by atoms with E-state index < -0.39 is 36.1 Å². The molecule has 0 saturated heterocycles. The maximum Gasteiger partial charge on any atom is 0.416 e. The number of halogens is 6. The maximum absolute atomic E-state index is 13.8. The van der Waals surface area contributed by atoms with Crippen LogP contribution in [0, 0.1) is 18.6 Å². The lowest BCUT2D eigenvalue weighted by Gasteiger charge is -2.23. The number of benzene rings is 2. The van der Waals surface area contributed by atoms with Gasteiger partial charge in [0.2, 0.25) is 0 Å². The van der Waals surface area contributed by atoms with Crippen molar-refractivity contribution >= 4 is 17.0 Å². The van der Waals surface area contributed by atoms with Gasteiger partial charge in [-0.25, -0.2) is 13.2 Å². The van der Waals surface area contributed by atoms with E-state index in [0.29, 0.717) is 17.7 Å². The Morgan fingerprint density at radius 1 is 0.979 bits per heavy atom. The summed E-state index contributed by atoms with van der Waals surface area (Å²) in [5.74, 6) is -1.45. The standard InChI is InChI=1S/C19H23F3.C13H17F3N2.C4H8.C3H6/c1-12(2)11-18(19(20,21)22)14(4)16-10-9-13(3)15-7-5-6-8-17(15)16;1-4-17-9(3)13-11(15)5-10(6-12(13)16)18-8(2)7-14;1-3-4-2;1-3-2/h9-11H,5-8H2,1-4H3;5-6,8,17-18H,3-4,7H2,1-2H3;3H,1,4H2,2H3;3H,1H2,2H3/b18-14-;;;. The van der Waals surface area contributed by atoms with E-state index in [9.17, 15) is 26.3 Å². The van der Waals surface area contributed by atoms with Crippen LogP contribution in [0.15, 0.2) is 73.4 Å². The summed E-state index contributed by atoms with van der Waals surface area (Å²) in [5.41, 5.74) is 5.03. The Hall–Kier alpha value is -3.68. The van der Waals surface area contributed by atoms with E-state index in [0.717, 1.165) is 55.4 Å². The molecule has 0 radical (unpaired) electrons. The lowest BCUT2D eigenvalue weighted by molar-refractivity contribution is -0.0877. The highest BCUT2D eigenvalue weighted by molar-refractivity contribution is 5.74. The predicted molar refractivity (Wildman–Crippen MR) is 190 cm³/mol. The first-order valence-electron chi connectivity index (χ1n) is 16.0. The first-order chi connectivity index (χ1) is 22.0. The van der Waals surface area contributed by atoms with E-state index in [-0.39, 0.29) is 16.9 Å². The Balaban J connectivity index is 0.000000762. The molecular formula is C39H54F6N2. The number of aryl methyl sites for hydroxylation is 1. The highest BCUT2D eigenvalue weighted by atomic mass is 19.4. The molecule has 0 aromatic heterocycles. The van der Waals surface area contributed by atoms with Crippen LogP contribution in [-0.2, 0) is 12.8 Å². The van der Waals surface area contributed by atoms with Crippen molar-refractivity contribution in [3.05, 3.63) is 113 Å². The van der Waals surface area contributed by atoms with Gasteiger partial charge in [0.25, 0.3) is 0 Å². The van der Waals surface area contributed by atoms with Crippen LogP contribution < -0.4 is 10.6 Å². The lowest BCUT2D eigenvalue weighted by Crippen LogP contribution is -2.18. The molecule has 1 unspecified atom stereocenters. The van der Waals surface area contributed by atoms with Gasteiger partial charge in [0.15, 0.2) is 0 Å². The molecule has 0 spiro atoms. The average molecular weight is 665 g/mol. The fourth-order valence-corrected chi connectivity index (χ4v) is 4.80. The number of allylic oxidation sites excluding steroid dienone is 6. The summed E-state index contributed by atoms with van der Waals surface area (Å²) in [7, 11) is 0. The molecule has 0 heterocycles. The summed E-state index contributed by atoms with van der Waals surface area (Å²) >= 11 is 0. The third-order valence-electron chi connectivity index (χ3n) is 6.98. The quantitative estimate of drug-likeness (QED) is 0.158. The SMILES string of the molecule is C=C(NCC)c1c(F)cc(NC(C)CF)cc1F.C=CC.C=CCC.CC(C)=C/C(=C(\C)c1ccc(C)c2c1CCCC2)C(F)(F)F. The minimum absolute atomic E-state index is 0.185. The van der Waals surface area contributed by atoms with Gasteiger partial charge in [-0.15, -0.1) is 13.2 Å². The molecule has 1 aliphatic rings. The molecule has 1 atom stereocenters. The van der Waals surface area contributed by atoms with E-state index >= 15 is 0 Å². The van der Waals surface area contributed by atoms with E-state index in [1.54, 1.807) is 40.7 Å². The number of nitrogens with one attached hydrogen (secondary N) is 2. The van der Waals surface area contributed by atoms with Crippen LogP contribution >= 0.6 is 0 Å². The zero-order valence-electron chi connectivity index (χ0n) is 29.5. The molecule has 0 bridgehead atoms. The van der Waals surface area contributed by atoms with Crippen molar-refractivity contribution < 1.29 is 26.3 Å². The Kier molecular flexibility index (Phi) is 20.3. The topological polar surface area (TPSA) is 24.1 Å². The van der Waals surface area contributed by atoms with Gasteiger partial charge >= 0.3 is 6.18 Å². The molecule has 8 heteroatoms. The Bertz CT molecular complexity index is 1340. The lowest BCUT2D eigenvalue weighted by atomic mass is 9.82. The molecule has 2 aromatic carbocycles. The van der Waals surface area contributed by atoms with Gasteiger partial charge in [-0.05, 0) is 121 Å². The molecule has 0 fully saturated rings. The highest BCUT2D eigenvalue weighted by Gasteiger charge is 2.34. The Morgan fingerprint density at radius 3 is 1.91 bits per heavy atom. The van der Waals surface area contributed by atoms with Crippen LogP contribution in [0.3, 0.4) is 0 Å². The van der Waals surface area contributed by atoms with Crippen LogP contribution in [0.1, 0.15) is 95.5 Å². The van der Waals surface area contributed by atoms with Crippen molar-refractivity contribution in [2.24, 2.45) is 0 Å². The number of fused-ring (bicyclic) bond motifs is 1. The molecule has 47 heavy (non-hydrogen) atoms. The molecule has 1 aliphatic carbocycles. The largest absolute Gasteiger partial charge is 0.416 e. The van der Waals surface area contributed by atoms with Crippen LogP contribution in [-0.4, -0.2) is 25.4 Å². The van der Waals surface area contributed by atoms with Gasteiger partial charge in [0.05, 0.1) is 17.2 Å². The summed E-state index contributed by atoms with van der Waals surface area (Å²) in [6.45, 7) is 24.7. The molecule has 3 rings (SSSR count). The Labute approximate surface area is 279 Å². The highest BCUT2D eigenvalue weighted by Crippen LogP contribution is 2.38. The van der Waals surface area contributed by atoms with Crippen molar-refractivity contribution in [3.63, 3.8) is 0 Å². The number of anilines is 1. The van der Waals surface area contributed by atoms with Crippen molar-refractivity contribution in [2.45, 2.75) is 99.7 Å². The fourth-order valence-electron chi connectivity index (χ4n) is 4.80. The zero-order chi connectivity index (χ0) is 36.3. The van der Waals surface area contributed by atoms with Gasteiger partial charge in [-0.3, -0.25) is 0 Å². The molecule has 2 aromatic rings. The van der Waals surface area contributed by atoms with Crippen molar-refractivity contribution in [3.8, 4) is 0 Å². The third kappa shape index (κ3) is 14.7. The van der Waals surface area contributed by atoms with Crippen molar-refractivity contribution in [2.75, 3.05) is 18.5 Å². The molecule has 2 nitrogen and oxygen atoms in total. The second-order valence-electron chi connectivity index (χ2n) is 11.5. The number of hydrogen-bond acceptors (Lipinski definition) is 2. The molecule has 2 N–H and O–H groups in total. The van der Waals surface area contributed by atoms with Crippen LogP contribution in [0.5, 0.6) is 0 Å². The van der Waals surface area contributed by atoms with E-state index in [1.807, 2.05) is 32.1 Å². The maximum atomic E-state index is 13.8. The van der Waals surface area contributed by atoms with Crippen LogP contribution in [0.25, 0.3) is 11.3 Å². The van der Waals surface area contributed by atoms with Crippen molar-refractivity contribution in [1.29, 1.82) is 0 Å². The molecule has 0 saturated carbocycles.